The molecule has 1 aromatic heterocycles. The van der Waals surface area contributed by atoms with Gasteiger partial charge in [0, 0.05) is 25.4 Å². The summed E-state index contributed by atoms with van der Waals surface area (Å²) in [6.07, 6.45) is 2.82. The molecule has 3 rings (SSSR count). The van der Waals surface area contributed by atoms with Gasteiger partial charge in [0.2, 0.25) is 15.9 Å². The zero-order valence-electron chi connectivity index (χ0n) is 15.0. The van der Waals surface area contributed by atoms with Crippen LogP contribution in [0.2, 0.25) is 0 Å². The first-order chi connectivity index (χ1) is 12.5. The van der Waals surface area contributed by atoms with Crippen LogP contribution in [0.25, 0.3) is 0 Å². The van der Waals surface area contributed by atoms with Crippen molar-refractivity contribution in [2.45, 2.75) is 37.7 Å². The number of benzene rings is 1. The first kappa shape index (κ1) is 18.6. The summed E-state index contributed by atoms with van der Waals surface area (Å²) in [5.41, 5.74) is 0. The summed E-state index contributed by atoms with van der Waals surface area (Å²) in [6.45, 7) is 4.86. The van der Waals surface area contributed by atoms with Gasteiger partial charge >= 0.3 is 0 Å². The summed E-state index contributed by atoms with van der Waals surface area (Å²) >= 11 is 0. The highest BCUT2D eigenvalue weighted by atomic mass is 32.2. The summed E-state index contributed by atoms with van der Waals surface area (Å²) in [4.78, 5) is 8.49. The Morgan fingerprint density at radius 3 is 2.62 bits per heavy atom. The highest BCUT2D eigenvalue weighted by Gasteiger charge is 2.32. The van der Waals surface area contributed by atoms with Crippen molar-refractivity contribution in [2.75, 3.05) is 19.7 Å². The van der Waals surface area contributed by atoms with E-state index in [4.69, 9.17) is 9.47 Å². The summed E-state index contributed by atoms with van der Waals surface area (Å²) in [6, 6.07) is 8.47. The highest BCUT2D eigenvalue weighted by molar-refractivity contribution is 7.89. The van der Waals surface area contributed by atoms with Crippen molar-refractivity contribution in [3.63, 3.8) is 0 Å². The molecule has 0 saturated carbocycles. The van der Waals surface area contributed by atoms with Gasteiger partial charge < -0.3 is 9.47 Å². The van der Waals surface area contributed by atoms with Crippen LogP contribution in [0.5, 0.6) is 11.6 Å². The maximum absolute atomic E-state index is 13.0. The van der Waals surface area contributed by atoms with Gasteiger partial charge in [0.25, 0.3) is 0 Å². The third-order valence-corrected chi connectivity index (χ3v) is 6.14. The van der Waals surface area contributed by atoms with Crippen molar-refractivity contribution in [2.24, 2.45) is 0 Å². The van der Waals surface area contributed by atoms with E-state index in [0.29, 0.717) is 50.0 Å². The van der Waals surface area contributed by atoms with Gasteiger partial charge in [-0.3, -0.25) is 0 Å². The minimum atomic E-state index is -3.59. The molecule has 1 aliphatic rings. The average molecular weight is 377 g/mol. The number of sulfonamides is 1. The SMILES string of the molecule is CCOc1ccccc1S(=O)(=O)N1CCC(Oc2ccnc(C)n2)CC1. The quantitative estimate of drug-likeness (QED) is 0.769. The van der Waals surface area contributed by atoms with Crippen LogP contribution < -0.4 is 9.47 Å². The van der Waals surface area contributed by atoms with Crippen LogP contribution in [-0.4, -0.2) is 48.5 Å². The standard InChI is InChI=1S/C18H23N3O4S/c1-3-24-16-6-4-5-7-17(16)26(22,23)21-12-9-15(10-13-21)25-18-8-11-19-14(2)20-18/h4-8,11,15H,3,9-10,12-13H2,1-2H3. The zero-order chi connectivity index (χ0) is 18.6. The number of para-hydroxylation sites is 1. The Labute approximate surface area is 154 Å². The van der Waals surface area contributed by atoms with Gasteiger partial charge in [-0.15, -0.1) is 0 Å². The first-order valence-electron chi connectivity index (χ1n) is 8.69. The fourth-order valence-corrected chi connectivity index (χ4v) is 4.54. The van der Waals surface area contributed by atoms with Crippen LogP contribution in [-0.2, 0) is 10.0 Å². The molecule has 0 spiro atoms. The number of aromatic nitrogens is 2. The summed E-state index contributed by atoms with van der Waals surface area (Å²) < 4.78 is 38.8. The molecule has 140 valence electrons. The Kier molecular flexibility index (Phi) is 5.73. The van der Waals surface area contributed by atoms with Crippen molar-refractivity contribution in [1.82, 2.24) is 14.3 Å². The summed E-state index contributed by atoms with van der Waals surface area (Å²) in [5.74, 6) is 1.57. The minimum Gasteiger partial charge on any atom is -0.492 e. The number of hydrogen-bond acceptors (Lipinski definition) is 6. The molecular formula is C18H23N3O4S. The van der Waals surface area contributed by atoms with Gasteiger partial charge in [0.15, 0.2) is 0 Å². The van der Waals surface area contributed by atoms with Gasteiger partial charge in [-0.25, -0.2) is 13.4 Å². The van der Waals surface area contributed by atoms with Crippen molar-refractivity contribution < 1.29 is 17.9 Å². The lowest BCUT2D eigenvalue weighted by atomic mass is 10.1. The van der Waals surface area contributed by atoms with Gasteiger partial charge in [-0.05, 0) is 38.8 Å². The molecule has 1 aromatic carbocycles. The summed E-state index contributed by atoms with van der Waals surface area (Å²) in [5, 5.41) is 0. The fourth-order valence-electron chi connectivity index (χ4n) is 2.94. The normalized spacial score (nSPS) is 16.4. The van der Waals surface area contributed by atoms with E-state index in [0.717, 1.165) is 0 Å². The van der Waals surface area contributed by atoms with E-state index in [1.807, 2.05) is 6.92 Å². The van der Waals surface area contributed by atoms with Crippen LogP contribution in [0.4, 0.5) is 0 Å². The van der Waals surface area contributed by atoms with E-state index >= 15 is 0 Å². The second-order valence-corrected chi connectivity index (χ2v) is 7.95. The van der Waals surface area contributed by atoms with Crippen LogP contribution >= 0.6 is 0 Å². The summed E-state index contributed by atoms with van der Waals surface area (Å²) in [7, 11) is -3.59. The number of hydrogen-bond donors (Lipinski definition) is 0. The molecule has 8 heteroatoms. The zero-order valence-corrected chi connectivity index (χ0v) is 15.8. The largest absolute Gasteiger partial charge is 0.492 e. The van der Waals surface area contributed by atoms with E-state index < -0.39 is 10.0 Å². The molecule has 1 saturated heterocycles. The lowest BCUT2D eigenvalue weighted by Gasteiger charge is -2.31. The van der Waals surface area contributed by atoms with Crippen molar-refractivity contribution >= 4 is 10.0 Å². The molecule has 1 aliphatic heterocycles. The van der Waals surface area contributed by atoms with E-state index in [-0.39, 0.29) is 11.0 Å². The molecule has 7 nitrogen and oxygen atoms in total. The lowest BCUT2D eigenvalue weighted by Crippen LogP contribution is -2.41. The van der Waals surface area contributed by atoms with E-state index in [2.05, 4.69) is 9.97 Å². The number of aryl methyl sites for hydroxylation is 1. The molecule has 2 aromatic rings. The average Bonchev–Trinajstić information content (AvgIpc) is 2.63. The molecule has 0 atom stereocenters. The predicted molar refractivity (Wildman–Crippen MR) is 96.8 cm³/mol. The van der Waals surface area contributed by atoms with Crippen LogP contribution in [0, 0.1) is 6.92 Å². The van der Waals surface area contributed by atoms with Crippen LogP contribution in [0.3, 0.4) is 0 Å². The molecule has 0 N–H and O–H groups in total. The molecule has 26 heavy (non-hydrogen) atoms. The smallest absolute Gasteiger partial charge is 0.246 e. The highest BCUT2D eigenvalue weighted by Crippen LogP contribution is 2.29. The third-order valence-electron chi connectivity index (χ3n) is 4.21. The second kappa shape index (κ2) is 8.01. The van der Waals surface area contributed by atoms with Gasteiger partial charge in [0.05, 0.1) is 6.61 Å². The Hall–Kier alpha value is -2.19. The Balaban J connectivity index is 1.67. The number of piperidine rings is 1. The minimum absolute atomic E-state index is 0.0575. The van der Waals surface area contributed by atoms with Gasteiger partial charge in [-0.2, -0.15) is 9.29 Å². The molecule has 0 amide bonds. The van der Waals surface area contributed by atoms with E-state index in [9.17, 15) is 8.42 Å². The monoisotopic (exact) mass is 377 g/mol. The van der Waals surface area contributed by atoms with Crippen molar-refractivity contribution in [1.29, 1.82) is 0 Å². The predicted octanol–water partition coefficient (Wildman–Crippen LogP) is 2.42. The molecule has 1 fully saturated rings. The molecule has 2 heterocycles. The van der Waals surface area contributed by atoms with Crippen LogP contribution in [0.15, 0.2) is 41.4 Å². The Morgan fingerprint density at radius 2 is 1.92 bits per heavy atom. The maximum atomic E-state index is 13.0. The maximum Gasteiger partial charge on any atom is 0.246 e. The molecule has 0 aliphatic carbocycles. The Bertz CT molecular complexity index is 849. The molecule has 0 radical (unpaired) electrons. The number of ether oxygens (including phenoxy) is 2. The molecule has 0 bridgehead atoms. The topological polar surface area (TPSA) is 81.6 Å². The fraction of sp³-hybridized carbons (Fsp3) is 0.444. The van der Waals surface area contributed by atoms with Crippen LogP contribution in [0.1, 0.15) is 25.6 Å². The molecule has 0 unspecified atom stereocenters. The second-order valence-electron chi connectivity index (χ2n) is 6.04. The van der Waals surface area contributed by atoms with Gasteiger partial charge in [-0.1, -0.05) is 12.1 Å². The Morgan fingerprint density at radius 1 is 1.19 bits per heavy atom. The third kappa shape index (κ3) is 4.13. The van der Waals surface area contributed by atoms with Crippen molar-refractivity contribution in [3.05, 3.63) is 42.4 Å². The molecular weight excluding hydrogens is 354 g/mol. The van der Waals surface area contributed by atoms with E-state index in [1.54, 1.807) is 43.5 Å². The van der Waals surface area contributed by atoms with Crippen molar-refractivity contribution in [3.8, 4) is 11.6 Å². The lowest BCUT2D eigenvalue weighted by molar-refractivity contribution is 0.129. The number of rotatable bonds is 6. The number of nitrogens with zero attached hydrogens (tertiary/aromatic N) is 3. The van der Waals surface area contributed by atoms with E-state index in [1.165, 1.54) is 4.31 Å². The van der Waals surface area contributed by atoms with Gasteiger partial charge in [0.1, 0.15) is 22.6 Å². The first-order valence-corrected chi connectivity index (χ1v) is 10.1.